The van der Waals surface area contributed by atoms with Gasteiger partial charge in [-0.3, -0.25) is 5.11 Å². The fraction of sp³-hybridized carbons (Fsp3) is 0.250. The van der Waals surface area contributed by atoms with Gasteiger partial charge in [-0.1, -0.05) is 0 Å². The van der Waals surface area contributed by atoms with E-state index in [1.54, 1.807) is 13.8 Å². The summed E-state index contributed by atoms with van der Waals surface area (Å²) in [5.74, 6) is -0.406. The second-order valence-corrected chi connectivity index (χ2v) is 2.37. The normalized spacial score (nSPS) is 9.90. The molecule has 0 unspecified atom stereocenters. The molecule has 1 radical (unpaired) electrons. The van der Waals surface area contributed by atoms with Crippen molar-refractivity contribution in [1.29, 1.82) is 0 Å². The highest BCUT2D eigenvalue weighted by Gasteiger charge is 2.02. The molecule has 0 N–H and O–H groups in total. The average molecular weight is 139 g/mol. The Bertz CT molecular complexity index is 205. The topological polar surface area (TPSA) is 19.9 Å². The number of hydrogen-bond donors (Lipinski definition) is 0. The smallest absolute Gasteiger partial charge is 0.182 e. The van der Waals surface area contributed by atoms with E-state index in [0.29, 0.717) is 11.1 Å². The lowest BCUT2D eigenvalue weighted by molar-refractivity contribution is 0.350. The van der Waals surface area contributed by atoms with Gasteiger partial charge in [0.1, 0.15) is 5.82 Å². The van der Waals surface area contributed by atoms with Crippen LogP contribution < -0.4 is 0 Å². The van der Waals surface area contributed by atoms with Crippen molar-refractivity contribution in [3.63, 3.8) is 0 Å². The van der Waals surface area contributed by atoms with Gasteiger partial charge >= 0.3 is 0 Å². The summed E-state index contributed by atoms with van der Waals surface area (Å²) in [6, 6.07) is 2.57. The molecule has 0 aliphatic heterocycles. The fourth-order valence-electron chi connectivity index (χ4n) is 0.754. The molecule has 1 nitrogen and oxygen atoms in total. The lowest BCUT2D eigenvalue weighted by Gasteiger charge is -1.97. The lowest BCUT2D eigenvalue weighted by Crippen LogP contribution is -1.82. The molecule has 0 atom stereocenters. The summed E-state index contributed by atoms with van der Waals surface area (Å²) in [5.41, 5.74) is 0.874. The van der Waals surface area contributed by atoms with Gasteiger partial charge in [-0.2, -0.15) is 0 Å². The Balaban J connectivity index is 3.28. The van der Waals surface area contributed by atoms with Crippen molar-refractivity contribution in [3.8, 4) is 5.75 Å². The van der Waals surface area contributed by atoms with Gasteiger partial charge in [0.15, 0.2) is 5.75 Å². The molecular formula is C8H8FO. The van der Waals surface area contributed by atoms with E-state index in [9.17, 15) is 9.50 Å². The van der Waals surface area contributed by atoms with Crippen LogP contribution in [0.2, 0.25) is 0 Å². The van der Waals surface area contributed by atoms with Crippen molar-refractivity contribution < 1.29 is 9.50 Å². The van der Waals surface area contributed by atoms with Crippen molar-refractivity contribution in [2.75, 3.05) is 0 Å². The van der Waals surface area contributed by atoms with Crippen LogP contribution in [0.5, 0.6) is 5.75 Å². The molecule has 2 heteroatoms. The number of aryl methyl sites for hydroxylation is 2. The predicted octanol–water partition coefficient (Wildman–Crippen LogP) is 2.59. The zero-order valence-corrected chi connectivity index (χ0v) is 5.94. The second kappa shape index (κ2) is 2.29. The van der Waals surface area contributed by atoms with Crippen LogP contribution >= 0.6 is 0 Å². The number of rotatable bonds is 0. The molecule has 0 bridgehead atoms. The van der Waals surface area contributed by atoms with Crippen LogP contribution in [0, 0.1) is 19.7 Å². The van der Waals surface area contributed by atoms with Crippen molar-refractivity contribution >= 4 is 0 Å². The third-order valence-corrected chi connectivity index (χ3v) is 1.46. The van der Waals surface area contributed by atoms with Gasteiger partial charge in [0, 0.05) is 0 Å². The Morgan fingerprint density at radius 1 is 1.20 bits per heavy atom. The third-order valence-electron chi connectivity index (χ3n) is 1.46. The van der Waals surface area contributed by atoms with E-state index in [-0.39, 0.29) is 11.6 Å². The molecule has 0 heterocycles. The molecule has 0 aliphatic carbocycles. The van der Waals surface area contributed by atoms with E-state index in [4.69, 9.17) is 0 Å². The van der Waals surface area contributed by atoms with Gasteiger partial charge < -0.3 is 0 Å². The standard InChI is InChI=1S/C8H8FO/c1-5-4-8(10)6(2)3-7(5)9/h3-4H,1-2H3. The highest BCUT2D eigenvalue weighted by Crippen LogP contribution is 2.20. The molecule has 0 saturated heterocycles. The zero-order valence-electron chi connectivity index (χ0n) is 5.94. The molecule has 1 aromatic rings. The summed E-state index contributed by atoms with van der Waals surface area (Å²) < 4.78 is 12.6. The maximum Gasteiger partial charge on any atom is 0.182 e. The summed E-state index contributed by atoms with van der Waals surface area (Å²) in [4.78, 5) is 0. The van der Waals surface area contributed by atoms with Crippen LogP contribution in [0.25, 0.3) is 0 Å². The Morgan fingerprint density at radius 3 is 2.30 bits per heavy atom. The van der Waals surface area contributed by atoms with Gasteiger partial charge in [0.25, 0.3) is 0 Å². The van der Waals surface area contributed by atoms with E-state index >= 15 is 0 Å². The van der Waals surface area contributed by atoms with Gasteiger partial charge in [-0.15, -0.1) is 0 Å². The Kier molecular flexibility index (Phi) is 1.62. The van der Waals surface area contributed by atoms with E-state index in [1.807, 2.05) is 0 Å². The highest BCUT2D eigenvalue weighted by molar-refractivity contribution is 5.35. The molecule has 1 rings (SSSR count). The number of hydrogen-bond acceptors (Lipinski definition) is 0. The van der Waals surface area contributed by atoms with Crippen LogP contribution in [0.1, 0.15) is 11.1 Å². The van der Waals surface area contributed by atoms with Gasteiger partial charge in [0.2, 0.25) is 0 Å². The summed E-state index contributed by atoms with van der Waals surface area (Å²) in [7, 11) is 0. The molecule has 0 fully saturated rings. The SMILES string of the molecule is Cc1cc(F)c(C)cc1[O]. The number of benzene rings is 1. The molecule has 0 aromatic heterocycles. The van der Waals surface area contributed by atoms with Gasteiger partial charge in [-0.25, -0.2) is 4.39 Å². The summed E-state index contributed by atoms with van der Waals surface area (Å²) in [6.45, 7) is 3.18. The van der Waals surface area contributed by atoms with Gasteiger partial charge in [0.05, 0.1) is 0 Å². The number of halogens is 1. The third kappa shape index (κ3) is 1.10. The quantitative estimate of drug-likeness (QED) is 0.526. The van der Waals surface area contributed by atoms with Crippen LogP contribution in [0.15, 0.2) is 12.1 Å². The first kappa shape index (κ1) is 7.06. The minimum absolute atomic E-state index is 0.0982. The maximum absolute atomic E-state index is 12.6. The van der Waals surface area contributed by atoms with E-state index < -0.39 is 0 Å². The predicted molar refractivity (Wildman–Crippen MR) is 36.0 cm³/mol. The van der Waals surface area contributed by atoms with E-state index in [2.05, 4.69) is 0 Å². The minimum Gasteiger partial charge on any atom is -0.290 e. The van der Waals surface area contributed by atoms with E-state index in [0.717, 1.165) is 0 Å². The first-order valence-electron chi connectivity index (χ1n) is 3.05. The van der Waals surface area contributed by atoms with Crippen molar-refractivity contribution in [2.24, 2.45) is 0 Å². The Morgan fingerprint density at radius 2 is 1.80 bits per heavy atom. The highest BCUT2D eigenvalue weighted by atomic mass is 19.1. The molecule has 1 aromatic carbocycles. The molecule has 0 saturated carbocycles. The van der Waals surface area contributed by atoms with Crippen LogP contribution in [-0.2, 0) is 5.11 Å². The maximum atomic E-state index is 12.6. The van der Waals surface area contributed by atoms with Crippen molar-refractivity contribution in [1.82, 2.24) is 0 Å². The largest absolute Gasteiger partial charge is 0.290 e. The second-order valence-electron chi connectivity index (χ2n) is 2.37. The van der Waals surface area contributed by atoms with Crippen molar-refractivity contribution in [2.45, 2.75) is 13.8 Å². The van der Waals surface area contributed by atoms with Crippen LogP contribution in [0.3, 0.4) is 0 Å². The van der Waals surface area contributed by atoms with Gasteiger partial charge in [-0.05, 0) is 37.1 Å². The minimum atomic E-state index is -0.308. The van der Waals surface area contributed by atoms with E-state index in [1.165, 1.54) is 12.1 Å². The lowest BCUT2D eigenvalue weighted by atomic mass is 10.1. The zero-order chi connectivity index (χ0) is 7.72. The van der Waals surface area contributed by atoms with Crippen molar-refractivity contribution in [3.05, 3.63) is 29.1 Å². The molecular weight excluding hydrogens is 131 g/mol. The monoisotopic (exact) mass is 139 g/mol. The molecule has 0 amide bonds. The first-order chi connectivity index (χ1) is 4.61. The molecule has 0 aliphatic rings. The van der Waals surface area contributed by atoms with Crippen LogP contribution in [-0.4, -0.2) is 0 Å². The first-order valence-corrected chi connectivity index (χ1v) is 3.05. The average Bonchev–Trinajstić information content (AvgIpc) is 1.84. The Labute approximate surface area is 59.1 Å². The molecule has 0 spiro atoms. The van der Waals surface area contributed by atoms with Crippen LogP contribution in [0.4, 0.5) is 4.39 Å². The Hall–Kier alpha value is -1.05. The molecule has 53 valence electrons. The molecule has 10 heavy (non-hydrogen) atoms. The fourth-order valence-corrected chi connectivity index (χ4v) is 0.754. The summed E-state index contributed by atoms with van der Waals surface area (Å²) in [5, 5.41) is 10.8. The summed E-state index contributed by atoms with van der Waals surface area (Å²) in [6.07, 6.45) is 0. The summed E-state index contributed by atoms with van der Waals surface area (Å²) >= 11 is 0.